The summed E-state index contributed by atoms with van der Waals surface area (Å²) in [7, 11) is 0. The van der Waals surface area contributed by atoms with Gasteiger partial charge in [-0.2, -0.15) is 0 Å². The lowest BCUT2D eigenvalue weighted by molar-refractivity contribution is -0.143. The Labute approximate surface area is 123 Å². The molecule has 112 valence electrons. The van der Waals surface area contributed by atoms with Crippen LogP contribution in [0.25, 0.3) is 4.85 Å². The Morgan fingerprint density at radius 1 is 1.29 bits per heavy atom. The lowest BCUT2D eigenvalue weighted by Crippen LogP contribution is -2.13. The minimum absolute atomic E-state index is 0.188. The molecule has 0 aromatic heterocycles. The van der Waals surface area contributed by atoms with E-state index in [1.54, 1.807) is 31.2 Å². The van der Waals surface area contributed by atoms with Crippen molar-refractivity contribution in [2.75, 3.05) is 25.1 Å². The summed E-state index contributed by atoms with van der Waals surface area (Å²) in [5, 5.41) is 2.60. The Balaban J connectivity index is 2.30. The lowest BCUT2D eigenvalue weighted by Gasteiger charge is -2.07. The van der Waals surface area contributed by atoms with Crippen LogP contribution in [0.3, 0.4) is 0 Å². The number of nitrogens with zero attached hydrogens (tertiary/aromatic N) is 1. The summed E-state index contributed by atoms with van der Waals surface area (Å²) >= 11 is 0. The van der Waals surface area contributed by atoms with Crippen molar-refractivity contribution in [3.63, 3.8) is 0 Å². The predicted octanol–water partition coefficient (Wildman–Crippen LogP) is 2.27. The van der Waals surface area contributed by atoms with Gasteiger partial charge in [0.25, 0.3) is 6.54 Å². The normalized spacial score (nSPS) is 9.52. The summed E-state index contributed by atoms with van der Waals surface area (Å²) < 4.78 is 10.3. The number of carbonyl (C=O) groups excluding carboxylic acids is 2. The number of carbonyl (C=O) groups is 2. The number of ether oxygens (including phenoxy) is 2. The molecule has 1 N–H and O–H groups in total. The minimum atomic E-state index is -0.340. The summed E-state index contributed by atoms with van der Waals surface area (Å²) in [6.45, 7) is 8.99. The molecule has 0 unspecified atom stereocenters. The van der Waals surface area contributed by atoms with E-state index < -0.39 is 0 Å². The van der Waals surface area contributed by atoms with E-state index in [4.69, 9.17) is 16.0 Å². The Morgan fingerprint density at radius 3 is 2.62 bits per heavy atom. The van der Waals surface area contributed by atoms with Crippen molar-refractivity contribution in [1.29, 1.82) is 0 Å². The molecular weight excluding hydrogens is 272 g/mol. The Bertz CT molecular complexity index is 505. The van der Waals surface area contributed by atoms with Crippen LogP contribution in [0.4, 0.5) is 5.69 Å². The first-order chi connectivity index (χ1) is 10.2. The zero-order valence-electron chi connectivity index (χ0n) is 11.9. The van der Waals surface area contributed by atoms with Crippen molar-refractivity contribution in [2.24, 2.45) is 0 Å². The first kappa shape index (κ1) is 16.5. The molecule has 6 nitrogen and oxygen atoms in total. The Morgan fingerprint density at radius 2 is 2.00 bits per heavy atom. The van der Waals surface area contributed by atoms with Crippen molar-refractivity contribution >= 4 is 17.6 Å². The van der Waals surface area contributed by atoms with Gasteiger partial charge in [-0.15, -0.1) is 0 Å². The van der Waals surface area contributed by atoms with Gasteiger partial charge in [0.05, 0.1) is 13.2 Å². The van der Waals surface area contributed by atoms with E-state index in [0.29, 0.717) is 37.5 Å². The van der Waals surface area contributed by atoms with Crippen LogP contribution in [0.1, 0.15) is 19.8 Å². The fourth-order valence-corrected chi connectivity index (χ4v) is 1.55. The van der Waals surface area contributed by atoms with Gasteiger partial charge in [-0.1, -0.05) is 0 Å². The van der Waals surface area contributed by atoms with E-state index in [2.05, 4.69) is 10.2 Å². The van der Waals surface area contributed by atoms with Crippen molar-refractivity contribution < 1.29 is 19.1 Å². The van der Waals surface area contributed by atoms with Crippen molar-refractivity contribution in [3.05, 3.63) is 35.7 Å². The molecule has 1 aromatic rings. The van der Waals surface area contributed by atoms with Crippen LogP contribution >= 0.6 is 0 Å². The van der Waals surface area contributed by atoms with Crippen LogP contribution in [-0.2, 0) is 14.3 Å². The van der Waals surface area contributed by atoms with Crippen LogP contribution in [0, 0.1) is 6.57 Å². The molecule has 0 atom stereocenters. The van der Waals surface area contributed by atoms with E-state index in [9.17, 15) is 9.59 Å². The summed E-state index contributed by atoms with van der Waals surface area (Å²) in [4.78, 5) is 25.3. The molecule has 1 rings (SSSR count). The molecule has 0 aliphatic heterocycles. The van der Waals surface area contributed by atoms with Crippen molar-refractivity contribution in [2.45, 2.75) is 19.8 Å². The van der Waals surface area contributed by atoms with Gasteiger partial charge in [-0.3, -0.25) is 9.59 Å². The summed E-state index contributed by atoms with van der Waals surface area (Å²) in [5.41, 5.74) is 0.613. The SMILES string of the molecule is [C-]#[N+]CC(=O)Nc1ccc(OCCCC(=O)OCC)cc1. The first-order valence-corrected chi connectivity index (χ1v) is 6.67. The van der Waals surface area contributed by atoms with Gasteiger partial charge in [0.2, 0.25) is 0 Å². The second-order valence-electron chi connectivity index (χ2n) is 4.15. The van der Waals surface area contributed by atoms with E-state index in [-0.39, 0.29) is 18.4 Å². The number of benzene rings is 1. The van der Waals surface area contributed by atoms with Crippen LogP contribution in [-0.4, -0.2) is 31.6 Å². The highest BCUT2D eigenvalue weighted by Crippen LogP contribution is 2.16. The van der Waals surface area contributed by atoms with Crippen molar-refractivity contribution in [3.8, 4) is 5.75 Å². The van der Waals surface area contributed by atoms with Gasteiger partial charge in [0.1, 0.15) is 5.75 Å². The molecule has 0 heterocycles. The van der Waals surface area contributed by atoms with Gasteiger partial charge >= 0.3 is 11.9 Å². The molecule has 0 saturated heterocycles. The van der Waals surface area contributed by atoms with E-state index in [1.165, 1.54) is 0 Å². The summed E-state index contributed by atoms with van der Waals surface area (Å²) in [5.74, 6) is 0.0918. The largest absolute Gasteiger partial charge is 0.494 e. The van der Waals surface area contributed by atoms with E-state index in [1.807, 2.05) is 0 Å². The average molecular weight is 290 g/mol. The maximum Gasteiger partial charge on any atom is 0.305 e. The first-order valence-electron chi connectivity index (χ1n) is 6.67. The summed E-state index contributed by atoms with van der Waals surface area (Å²) in [6.07, 6.45) is 0.918. The third kappa shape index (κ3) is 6.97. The number of nitrogens with one attached hydrogen (secondary N) is 1. The fourth-order valence-electron chi connectivity index (χ4n) is 1.55. The number of rotatable bonds is 8. The monoisotopic (exact) mass is 290 g/mol. The van der Waals surface area contributed by atoms with Gasteiger partial charge < -0.3 is 19.6 Å². The second kappa shape index (κ2) is 9.37. The number of esters is 1. The maximum atomic E-state index is 11.2. The highest BCUT2D eigenvalue weighted by molar-refractivity contribution is 5.93. The third-order valence-corrected chi connectivity index (χ3v) is 2.46. The Kier molecular flexibility index (Phi) is 7.36. The van der Waals surface area contributed by atoms with Gasteiger partial charge in [0.15, 0.2) is 0 Å². The average Bonchev–Trinajstić information content (AvgIpc) is 2.46. The van der Waals surface area contributed by atoms with E-state index >= 15 is 0 Å². The number of amides is 1. The van der Waals surface area contributed by atoms with E-state index in [0.717, 1.165) is 0 Å². The number of anilines is 1. The third-order valence-electron chi connectivity index (χ3n) is 2.46. The van der Waals surface area contributed by atoms with Crippen LogP contribution in [0.5, 0.6) is 5.75 Å². The molecule has 21 heavy (non-hydrogen) atoms. The zero-order valence-corrected chi connectivity index (χ0v) is 11.9. The molecular formula is C15H18N2O4. The van der Waals surface area contributed by atoms with Gasteiger partial charge in [-0.25, -0.2) is 6.57 Å². The zero-order chi connectivity index (χ0) is 15.5. The lowest BCUT2D eigenvalue weighted by atomic mass is 10.3. The van der Waals surface area contributed by atoms with Crippen LogP contribution in [0.2, 0.25) is 0 Å². The quantitative estimate of drug-likeness (QED) is 0.453. The molecule has 6 heteroatoms. The highest BCUT2D eigenvalue weighted by Gasteiger charge is 2.05. The molecule has 1 aromatic carbocycles. The molecule has 0 bridgehead atoms. The molecule has 0 radical (unpaired) electrons. The predicted molar refractivity (Wildman–Crippen MR) is 77.9 cm³/mol. The smallest absolute Gasteiger partial charge is 0.305 e. The van der Waals surface area contributed by atoms with Crippen LogP contribution in [0.15, 0.2) is 24.3 Å². The molecule has 0 fully saturated rings. The maximum absolute atomic E-state index is 11.2. The van der Waals surface area contributed by atoms with Crippen LogP contribution < -0.4 is 10.1 Å². The van der Waals surface area contributed by atoms with Gasteiger partial charge in [-0.05, 0) is 37.6 Å². The number of hydrogen-bond acceptors (Lipinski definition) is 4. The Hall–Kier alpha value is -2.55. The molecule has 1 amide bonds. The minimum Gasteiger partial charge on any atom is -0.494 e. The fraction of sp³-hybridized carbons (Fsp3) is 0.400. The topological polar surface area (TPSA) is 69.0 Å². The molecule has 0 aliphatic rings. The second-order valence-corrected chi connectivity index (χ2v) is 4.15. The van der Waals surface area contributed by atoms with Crippen molar-refractivity contribution in [1.82, 2.24) is 0 Å². The van der Waals surface area contributed by atoms with Gasteiger partial charge in [0, 0.05) is 12.1 Å². The highest BCUT2D eigenvalue weighted by atomic mass is 16.5. The summed E-state index contributed by atoms with van der Waals surface area (Å²) in [6, 6.07) is 6.83. The number of hydrogen-bond donors (Lipinski definition) is 1. The molecule has 0 spiro atoms. The molecule has 0 saturated carbocycles. The molecule has 0 aliphatic carbocycles. The standard InChI is InChI=1S/C15H18N2O4/c1-3-20-15(19)5-4-10-21-13-8-6-12(7-9-13)17-14(18)11-16-2/h6-9H,3-5,10-11H2,1H3,(H,17,18).